The van der Waals surface area contributed by atoms with Gasteiger partial charge in [0, 0.05) is 45.7 Å². The zero-order valence-corrected chi connectivity index (χ0v) is 11.3. The van der Waals surface area contributed by atoms with Crippen molar-refractivity contribution in [3.8, 4) is 0 Å². The topological polar surface area (TPSA) is 72.9 Å². The van der Waals surface area contributed by atoms with Crippen molar-refractivity contribution in [1.29, 1.82) is 0 Å². The quantitative estimate of drug-likeness (QED) is 0.711. The minimum atomic E-state index is -0.745. The summed E-state index contributed by atoms with van der Waals surface area (Å²) in [5.41, 5.74) is 0. The molecular weight excluding hydrogens is 246 g/mol. The third kappa shape index (κ3) is 4.47. The Labute approximate surface area is 113 Å². The molecule has 6 heteroatoms. The van der Waals surface area contributed by atoms with E-state index < -0.39 is 5.97 Å². The van der Waals surface area contributed by atoms with Gasteiger partial charge in [-0.3, -0.25) is 14.5 Å². The Bertz CT molecular complexity index is 329. The van der Waals surface area contributed by atoms with Crippen LogP contribution in [-0.2, 0) is 9.59 Å². The lowest BCUT2D eigenvalue weighted by molar-refractivity contribution is -0.137. The normalized spacial score (nSPS) is 24.6. The molecule has 2 saturated heterocycles. The molecule has 19 heavy (non-hydrogen) atoms. The summed E-state index contributed by atoms with van der Waals surface area (Å²) < 4.78 is 0. The molecule has 0 aromatic heterocycles. The summed E-state index contributed by atoms with van der Waals surface area (Å²) in [5.74, 6) is -0.187. The number of nitrogens with one attached hydrogen (secondary N) is 1. The molecule has 2 rings (SSSR count). The number of carboxylic acid groups (broad SMARTS) is 1. The van der Waals surface area contributed by atoms with Crippen LogP contribution in [0, 0.1) is 5.92 Å². The van der Waals surface area contributed by atoms with Crippen molar-refractivity contribution in [2.75, 3.05) is 45.8 Å². The number of carbonyl (C=O) groups is 2. The predicted octanol–water partition coefficient (Wildman–Crippen LogP) is -0.395. The van der Waals surface area contributed by atoms with E-state index in [0.29, 0.717) is 18.9 Å². The molecule has 1 atom stereocenters. The Kier molecular flexibility index (Phi) is 5.15. The first-order valence-electron chi connectivity index (χ1n) is 7.08. The Morgan fingerprint density at radius 2 is 1.95 bits per heavy atom. The molecule has 0 bridgehead atoms. The number of piperazine rings is 1. The summed E-state index contributed by atoms with van der Waals surface area (Å²) in [6.07, 6.45) is 1.85. The zero-order valence-electron chi connectivity index (χ0n) is 11.3. The van der Waals surface area contributed by atoms with Crippen LogP contribution in [0.2, 0.25) is 0 Å². The Morgan fingerprint density at radius 3 is 2.63 bits per heavy atom. The maximum Gasteiger partial charge on any atom is 0.303 e. The number of amides is 1. The number of rotatable bonds is 5. The van der Waals surface area contributed by atoms with Gasteiger partial charge in [0.25, 0.3) is 0 Å². The van der Waals surface area contributed by atoms with E-state index in [1.54, 1.807) is 0 Å². The molecular formula is C13H23N3O3. The first-order chi connectivity index (χ1) is 9.15. The smallest absolute Gasteiger partial charge is 0.303 e. The molecule has 0 saturated carbocycles. The number of carbonyl (C=O) groups excluding carboxylic acids is 1. The van der Waals surface area contributed by atoms with Gasteiger partial charge in [0.1, 0.15) is 0 Å². The molecule has 2 N–H and O–H groups in total. The van der Waals surface area contributed by atoms with Crippen molar-refractivity contribution in [1.82, 2.24) is 15.1 Å². The molecule has 0 aromatic carbocycles. The van der Waals surface area contributed by atoms with Crippen LogP contribution >= 0.6 is 0 Å². The van der Waals surface area contributed by atoms with Crippen LogP contribution in [0.4, 0.5) is 0 Å². The maximum atomic E-state index is 12.1. The molecule has 0 aromatic rings. The van der Waals surface area contributed by atoms with Crippen molar-refractivity contribution in [3.05, 3.63) is 0 Å². The Balaban J connectivity index is 1.70. The van der Waals surface area contributed by atoms with Gasteiger partial charge in [-0.05, 0) is 18.8 Å². The van der Waals surface area contributed by atoms with E-state index in [9.17, 15) is 9.59 Å². The van der Waals surface area contributed by atoms with Gasteiger partial charge >= 0.3 is 5.97 Å². The molecule has 1 amide bonds. The van der Waals surface area contributed by atoms with Gasteiger partial charge in [0.15, 0.2) is 0 Å². The molecule has 2 aliphatic rings. The minimum absolute atomic E-state index is 0.194. The number of aliphatic carboxylic acids is 1. The highest BCUT2D eigenvalue weighted by Gasteiger charge is 2.27. The van der Waals surface area contributed by atoms with Gasteiger partial charge in [-0.2, -0.15) is 0 Å². The van der Waals surface area contributed by atoms with Gasteiger partial charge in [-0.15, -0.1) is 0 Å². The number of nitrogens with zero attached hydrogens (tertiary/aromatic N) is 2. The Hall–Kier alpha value is -1.14. The van der Waals surface area contributed by atoms with Crippen LogP contribution < -0.4 is 5.32 Å². The van der Waals surface area contributed by atoms with E-state index in [-0.39, 0.29) is 12.3 Å². The maximum absolute atomic E-state index is 12.1. The lowest BCUT2D eigenvalue weighted by Crippen LogP contribution is -2.48. The molecule has 0 radical (unpaired) electrons. The SMILES string of the molecule is O=C(O)CCC1CCN(C(=O)CN2CCNCC2)C1. The lowest BCUT2D eigenvalue weighted by Gasteiger charge is -2.28. The van der Waals surface area contributed by atoms with E-state index in [0.717, 1.165) is 45.7 Å². The van der Waals surface area contributed by atoms with Crippen LogP contribution in [0.25, 0.3) is 0 Å². The first-order valence-corrected chi connectivity index (χ1v) is 7.08. The number of hydrogen-bond donors (Lipinski definition) is 2. The van der Waals surface area contributed by atoms with Crippen molar-refractivity contribution in [2.45, 2.75) is 19.3 Å². The minimum Gasteiger partial charge on any atom is -0.481 e. The molecule has 2 fully saturated rings. The summed E-state index contributed by atoms with van der Waals surface area (Å²) in [4.78, 5) is 26.8. The summed E-state index contributed by atoms with van der Waals surface area (Å²) in [7, 11) is 0. The lowest BCUT2D eigenvalue weighted by atomic mass is 10.0. The summed E-state index contributed by atoms with van der Waals surface area (Å²) in [6.45, 7) is 5.80. The van der Waals surface area contributed by atoms with Crippen LogP contribution in [0.5, 0.6) is 0 Å². The summed E-state index contributed by atoms with van der Waals surface area (Å²) in [5, 5.41) is 11.9. The number of hydrogen-bond acceptors (Lipinski definition) is 4. The third-order valence-electron chi connectivity index (χ3n) is 3.97. The first kappa shape index (κ1) is 14.3. The van der Waals surface area contributed by atoms with Crippen molar-refractivity contribution in [3.63, 3.8) is 0 Å². The monoisotopic (exact) mass is 269 g/mol. The molecule has 2 heterocycles. The fraction of sp³-hybridized carbons (Fsp3) is 0.846. The fourth-order valence-electron chi connectivity index (χ4n) is 2.78. The van der Waals surface area contributed by atoms with Gasteiger partial charge in [-0.25, -0.2) is 0 Å². The van der Waals surface area contributed by atoms with Crippen molar-refractivity contribution < 1.29 is 14.7 Å². The van der Waals surface area contributed by atoms with E-state index in [1.165, 1.54) is 0 Å². The molecule has 2 aliphatic heterocycles. The third-order valence-corrected chi connectivity index (χ3v) is 3.97. The van der Waals surface area contributed by atoms with Crippen LogP contribution in [0.15, 0.2) is 0 Å². The van der Waals surface area contributed by atoms with Gasteiger partial charge in [-0.1, -0.05) is 0 Å². The highest BCUT2D eigenvalue weighted by atomic mass is 16.4. The standard InChI is InChI=1S/C13H23N3O3/c17-12(10-15-7-4-14-5-8-15)16-6-3-11(9-16)1-2-13(18)19/h11,14H,1-10H2,(H,18,19). The number of carboxylic acids is 1. The molecule has 108 valence electrons. The second-order valence-corrected chi connectivity index (χ2v) is 5.45. The molecule has 1 unspecified atom stereocenters. The van der Waals surface area contributed by atoms with E-state index in [2.05, 4.69) is 10.2 Å². The van der Waals surface area contributed by atoms with Crippen molar-refractivity contribution in [2.24, 2.45) is 5.92 Å². The Morgan fingerprint density at radius 1 is 1.21 bits per heavy atom. The van der Waals surface area contributed by atoms with E-state index in [1.807, 2.05) is 4.90 Å². The average molecular weight is 269 g/mol. The second-order valence-electron chi connectivity index (χ2n) is 5.45. The van der Waals surface area contributed by atoms with Gasteiger partial charge < -0.3 is 15.3 Å². The van der Waals surface area contributed by atoms with Crippen LogP contribution in [-0.4, -0.2) is 72.6 Å². The highest BCUT2D eigenvalue weighted by molar-refractivity contribution is 5.78. The zero-order chi connectivity index (χ0) is 13.7. The molecule has 6 nitrogen and oxygen atoms in total. The van der Waals surface area contributed by atoms with Crippen LogP contribution in [0.3, 0.4) is 0 Å². The molecule has 0 aliphatic carbocycles. The second kappa shape index (κ2) is 6.86. The van der Waals surface area contributed by atoms with Gasteiger partial charge in [0.2, 0.25) is 5.91 Å². The summed E-state index contributed by atoms with van der Waals surface area (Å²) >= 11 is 0. The average Bonchev–Trinajstić information content (AvgIpc) is 2.86. The fourth-order valence-corrected chi connectivity index (χ4v) is 2.78. The number of likely N-dealkylation sites (tertiary alicyclic amines) is 1. The van der Waals surface area contributed by atoms with E-state index >= 15 is 0 Å². The van der Waals surface area contributed by atoms with Crippen molar-refractivity contribution >= 4 is 11.9 Å². The van der Waals surface area contributed by atoms with Gasteiger partial charge in [0.05, 0.1) is 6.54 Å². The highest BCUT2D eigenvalue weighted by Crippen LogP contribution is 2.21. The van der Waals surface area contributed by atoms with E-state index in [4.69, 9.17) is 5.11 Å². The largest absolute Gasteiger partial charge is 0.481 e. The summed E-state index contributed by atoms with van der Waals surface area (Å²) in [6, 6.07) is 0. The predicted molar refractivity (Wildman–Crippen MR) is 70.9 cm³/mol. The molecule has 0 spiro atoms. The van der Waals surface area contributed by atoms with Crippen LogP contribution in [0.1, 0.15) is 19.3 Å².